The van der Waals surface area contributed by atoms with E-state index in [4.69, 9.17) is 0 Å². The minimum Gasteiger partial charge on any atom is -0.338 e. The predicted molar refractivity (Wildman–Crippen MR) is 117 cm³/mol. The van der Waals surface area contributed by atoms with Crippen molar-refractivity contribution in [1.82, 2.24) is 25.4 Å². The van der Waals surface area contributed by atoms with Gasteiger partial charge in [0.15, 0.2) is 11.0 Å². The number of unbranched alkanes of at least 4 members (excludes halogenated alkanes) is 1. The van der Waals surface area contributed by atoms with Gasteiger partial charge in [0.25, 0.3) is 0 Å². The molecule has 0 fully saturated rings. The lowest BCUT2D eigenvalue weighted by molar-refractivity contribution is -0.117. The Morgan fingerprint density at radius 3 is 2.38 bits per heavy atom. The Kier molecular flexibility index (Phi) is 8.25. The maximum atomic E-state index is 12.0. The molecule has 1 heterocycles. The van der Waals surface area contributed by atoms with Gasteiger partial charge >= 0.3 is 6.03 Å². The molecule has 1 aromatic carbocycles. The molecule has 3 amide bonds. The van der Waals surface area contributed by atoms with E-state index in [1.807, 2.05) is 18.4 Å². The van der Waals surface area contributed by atoms with Crippen LogP contribution < -0.4 is 10.6 Å². The third-order valence-electron chi connectivity index (χ3n) is 4.44. The number of urea groups is 1. The van der Waals surface area contributed by atoms with Gasteiger partial charge in [-0.15, -0.1) is 10.2 Å². The van der Waals surface area contributed by atoms with Crippen LogP contribution in [0, 0.1) is 0 Å². The van der Waals surface area contributed by atoms with Crippen molar-refractivity contribution in [1.29, 1.82) is 0 Å². The van der Waals surface area contributed by atoms with Gasteiger partial charge < -0.3 is 9.88 Å². The van der Waals surface area contributed by atoms with Gasteiger partial charge in [0, 0.05) is 18.7 Å². The molecule has 0 aliphatic heterocycles. The summed E-state index contributed by atoms with van der Waals surface area (Å²) in [6.07, 6.45) is 1.87. The molecule has 0 saturated carbocycles. The summed E-state index contributed by atoms with van der Waals surface area (Å²) in [5, 5.41) is 14.2. The van der Waals surface area contributed by atoms with Crippen LogP contribution >= 0.6 is 11.8 Å². The van der Waals surface area contributed by atoms with Gasteiger partial charge in [0.05, 0.1) is 5.75 Å². The predicted octanol–water partition coefficient (Wildman–Crippen LogP) is 3.98. The number of hydrogen-bond acceptors (Lipinski definition) is 5. The van der Waals surface area contributed by atoms with E-state index in [1.165, 1.54) is 17.3 Å². The Labute approximate surface area is 177 Å². The van der Waals surface area contributed by atoms with E-state index < -0.39 is 6.03 Å². The number of imide groups is 1. The van der Waals surface area contributed by atoms with E-state index in [1.54, 1.807) is 0 Å². The zero-order valence-electron chi connectivity index (χ0n) is 17.9. The lowest BCUT2D eigenvalue weighted by Crippen LogP contribution is -2.40. The third-order valence-corrected chi connectivity index (χ3v) is 5.41. The van der Waals surface area contributed by atoms with Gasteiger partial charge in [-0.3, -0.25) is 10.1 Å². The van der Waals surface area contributed by atoms with E-state index in [0.29, 0.717) is 18.2 Å². The molecule has 2 rings (SSSR count). The highest BCUT2D eigenvalue weighted by molar-refractivity contribution is 7.99. The van der Waals surface area contributed by atoms with Crippen LogP contribution in [0.2, 0.25) is 0 Å². The fraction of sp³-hybridized carbons (Fsp3) is 0.524. The SMILES string of the molecule is CCCCNC(=O)NC(=O)CSc1nnc(-c2ccc(C(C)(C)C)cc2)n1CC. The number of carbonyl (C=O) groups is 2. The summed E-state index contributed by atoms with van der Waals surface area (Å²) in [4.78, 5) is 23.7. The molecule has 0 bridgehead atoms. The van der Waals surface area contributed by atoms with Crippen LogP contribution in [0.25, 0.3) is 11.4 Å². The van der Waals surface area contributed by atoms with Crippen molar-refractivity contribution in [3.63, 3.8) is 0 Å². The Balaban J connectivity index is 2.00. The average molecular weight is 418 g/mol. The molecule has 7 nitrogen and oxygen atoms in total. The van der Waals surface area contributed by atoms with Crippen LogP contribution in [0.3, 0.4) is 0 Å². The first kappa shape index (κ1) is 22.9. The van der Waals surface area contributed by atoms with E-state index in [9.17, 15) is 9.59 Å². The summed E-state index contributed by atoms with van der Waals surface area (Å²) in [5.41, 5.74) is 2.33. The smallest absolute Gasteiger partial charge is 0.321 e. The highest BCUT2D eigenvalue weighted by Gasteiger charge is 2.17. The standard InChI is InChI=1S/C21H31N5O2S/c1-6-8-13-22-19(28)23-17(27)14-29-20-25-24-18(26(20)7-2)15-9-11-16(12-10-15)21(3,4)5/h9-12H,6-8,13-14H2,1-5H3,(H2,22,23,27,28). The molecule has 8 heteroatoms. The monoisotopic (exact) mass is 417 g/mol. The number of hydrogen-bond donors (Lipinski definition) is 2. The molecular formula is C21H31N5O2S. The molecule has 0 atom stereocenters. The van der Waals surface area contributed by atoms with E-state index in [-0.39, 0.29) is 17.1 Å². The fourth-order valence-corrected chi connectivity index (χ4v) is 3.53. The summed E-state index contributed by atoms with van der Waals surface area (Å²) in [6, 6.07) is 7.88. The molecule has 0 radical (unpaired) electrons. The molecule has 0 aliphatic carbocycles. The maximum Gasteiger partial charge on any atom is 0.321 e. The zero-order valence-corrected chi connectivity index (χ0v) is 18.7. The molecule has 1 aromatic heterocycles. The lowest BCUT2D eigenvalue weighted by atomic mass is 9.87. The van der Waals surface area contributed by atoms with Gasteiger partial charge in [-0.1, -0.05) is 70.1 Å². The van der Waals surface area contributed by atoms with Crippen LogP contribution in [0.5, 0.6) is 0 Å². The number of carbonyl (C=O) groups excluding carboxylic acids is 2. The molecular weight excluding hydrogens is 386 g/mol. The van der Waals surface area contributed by atoms with Crippen molar-refractivity contribution >= 4 is 23.7 Å². The minimum absolute atomic E-state index is 0.0914. The molecule has 0 saturated heterocycles. The van der Waals surface area contributed by atoms with E-state index in [2.05, 4.69) is 65.9 Å². The van der Waals surface area contributed by atoms with Crippen LogP contribution in [-0.2, 0) is 16.8 Å². The molecule has 2 N–H and O–H groups in total. The first-order chi connectivity index (χ1) is 13.8. The normalized spacial score (nSPS) is 11.3. The summed E-state index contributed by atoms with van der Waals surface area (Å²) in [6.45, 7) is 11.8. The van der Waals surface area contributed by atoms with Gasteiger partial charge in [0.1, 0.15) is 0 Å². The number of aromatic nitrogens is 3. The molecule has 0 aliphatic rings. The summed E-state index contributed by atoms with van der Waals surface area (Å²) in [7, 11) is 0. The van der Waals surface area contributed by atoms with Crippen molar-refractivity contribution in [3.05, 3.63) is 29.8 Å². The number of nitrogens with zero attached hydrogens (tertiary/aromatic N) is 3. The Morgan fingerprint density at radius 2 is 1.79 bits per heavy atom. The van der Waals surface area contributed by atoms with Crippen molar-refractivity contribution in [3.8, 4) is 11.4 Å². The number of thioether (sulfide) groups is 1. The second-order valence-electron chi connectivity index (χ2n) is 7.82. The van der Waals surface area contributed by atoms with Crippen molar-refractivity contribution in [2.75, 3.05) is 12.3 Å². The maximum absolute atomic E-state index is 12.0. The second kappa shape index (κ2) is 10.4. The van der Waals surface area contributed by atoms with E-state index in [0.717, 1.165) is 24.2 Å². The van der Waals surface area contributed by atoms with Crippen molar-refractivity contribution < 1.29 is 9.59 Å². The first-order valence-corrected chi connectivity index (χ1v) is 11.0. The number of nitrogens with one attached hydrogen (secondary N) is 2. The van der Waals surface area contributed by atoms with Gasteiger partial charge in [-0.2, -0.15) is 0 Å². The third kappa shape index (κ3) is 6.59. The zero-order chi connectivity index (χ0) is 21.4. The fourth-order valence-electron chi connectivity index (χ4n) is 2.73. The number of rotatable bonds is 8. The highest BCUT2D eigenvalue weighted by Crippen LogP contribution is 2.27. The van der Waals surface area contributed by atoms with Gasteiger partial charge in [-0.05, 0) is 24.3 Å². The summed E-state index contributed by atoms with van der Waals surface area (Å²) >= 11 is 1.27. The molecule has 0 unspecified atom stereocenters. The second-order valence-corrected chi connectivity index (χ2v) is 8.77. The van der Waals surface area contributed by atoms with E-state index >= 15 is 0 Å². The largest absolute Gasteiger partial charge is 0.338 e. The van der Waals surface area contributed by atoms with Gasteiger partial charge in [-0.25, -0.2) is 4.79 Å². The van der Waals surface area contributed by atoms with Crippen LogP contribution in [0.1, 0.15) is 53.0 Å². The molecule has 0 spiro atoms. The Morgan fingerprint density at radius 1 is 1.10 bits per heavy atom. The average Bonchev–Trinajstić information content (AvgIpc) is 3.09. The number of amides is 3. The number of benzene rings is 1. The van der Waals surface area contributed by atoms with Crippen LogP contribution in [-0.4, -0.2) is 39.0 Å². The summed E-state index contributed by atoms with van der Waals surface area (Å²) < 4.78 is 1.98. The summed E-state index contributed by atoms with van der Waals surface area (Å²) in [5.74, 6) is 0.515. The Bertz CT molecular complexity index is 825. The highest BCUT2D eigenvalue weighted by atomic mass is 32.2. The topological polar surface area (TPSA) is 88.9 Å². The van der Waals surface area contributed by atoms with Gasteiger partial charge in [0.2, 0.25) is 5.91 Å². The minimum atomic E-state index is -0.458. The molecule has 29 heavy (non-hydrogen) atoms. The molecule has 158 valence electrons. The van der Waals surface area contributed by atoms with Crippen LogP contribution in [0.4, 0.5) is 4.79 Å². The quantitative estimate of drug-likeness (QED) is 0.501. The van der Waals surface area contributed by atoms with Crippen molar-refractivity contribution in [2.45, 2.75) is 64.6 Å². The lowest BCUT2D eigenvalue weighted by Gasteiger charge is -2.19. The molecule has 2 aromatic rings. The Hall–Kier alpha value is -2.35. The van der Waals surface area contributed by atoms with Crippen molar-refractivity contribution in [2.24, 2.45) is 0 Å². The van der Waals surface area contributed by atoms with Crippen LogP contribution in [0.15, 0.2) is 29.4 Å². The first-order valence-electron chi connectivity index (χ1n) is 10.0.